The molecule has 0 bridgehead atoms. The summed E-state index contributed by atoms with van der Waals surface area (Å²) in [5, 5.41) is 0. The lowest BCUT2D eigenvalue weighted by Crippen LogP contribution is -1.91. The Morgan fingerprint density at radius 3 is 2.20 bits per heavy atom. The molecule has 0 saturated heterocycles. The zero-order valence-electron chi connectivity index (χ0n) is 6.94. The van der Waals surface area contributed by atoms with E-state index in [9.17, 15) is 0 Å². The third-order valence-electron chi connectivity index (χ3n) is 1.34. The van der Waals surface area contributed by atoms with E-state index in [0.29, 0.717) is 0 Å². The molecule has 0 amide bonds. The van der Waals surface area contributed by atoms with E-state index < -0.39 is 0 Å². The molecule has 0 aliphatic carbocycles. The maximum absolute atomic E-state index is 5.46. The Balaban J connectivity index is 4.26. The Morgan fingerprint density at radius 1 is 1.40 bits per heavy atom. The van der Waals surface area contributed by atoms with Crippen molar-refractivity contribution in [1.29, 1.82) is 0 Å². The zero-order chi connectivity index (χ0) is 8.15. The SMILES string of the molecule is C=C(/C=C(\C)N)/C(C)=C\C. The quantitative estimate of drug-likeness (QED) is 0.581. The first kappa shape index (κ1) is 9.02. The van der Waals surface area contributed by atoms with E-state index in [0.717, 1.165) is 11.3 Å². The second kappa shape index (κ2) is 3.94. The van der Waals surface area contributed by atoms with Crippen LogP contribution in [0, 0.1) is 0 Å². The minimum atomic E-state index is 0.797. The molecule has 0 aliphatic rings. The molecule has 0 atom stereocenters. The van der Waals surface area contributed by atoms with Crippen LogP contribution < -0.4 is 5.73 Å². The van der Waals surface area contributed by atoms with Gasteiger partial charge in [0.1, 0.15) is 0 Å². The molecule has 1 nitrogen and oxygen atoms in total. The summed E-state index contributed by atoms with van der Waals surface area (Å²) in [5.74, 6) is 0. The highest BCUT2D eigenvalue weighted by atomic mass is 14.5. The Kier molecular flexibility index (Phi) is 3.55. The van der Waals surface area contributed by atoms with Crippen LogP contribution in [0.1, 0.15) is 20.8 Å². The van der Waals surface area contributed by atoms with Crippen LogP contribution in [0.15, 0.2) is 35.6 Å². The fraction of sp³-hybridized carbons (Fsp3) is 0.333. The summed E-state index contributed by atoms with van der Waals surface area (Å²) in [5.41, 5.74) is 8.42. The first-order chi connectivity index (χ1) is 4.57. The largest absolute Gasteiger partial charge is 0.402 e. The smallest absolute Gasteiger partial charge is 0.00547 e. The molecule has 1 heteroatoms. The minimum Gasteiger partial charge on any atom is -0.402 e. The van der Waals surface area contributed by atoms with Gasteiger partial charge in [0, 0.05) is 5.70 Å². The maximum Gasteiger partial charge on any atom is 0.00547 e. The van der Waals surface area contributed by atoms with E-state index in [-0.39, 0.29) is 0 Å². The van der Waals surface area contributed by atoms with Gasteiger partial charge in [0.05, 0.1) is 0 Å². The highest BCUT2D eigenvalue weighted by molar-refractivity contribution is 5.36. The van der Waals surface area contributed by atoms with Gasteiger partial charge >= 0.3 is 0 Å². The normalized spacial score (nSPS) is 13.5. The maximum atomic E-state index is 5.46. The fourth-order valence-electron chi connectivity index (χ4n) is 0.574. The average Bonchev–Trinajstić information content (AvgIpc) is 1.85. The van der Waals surface area contributed by atoms with Gasteiger partial charge in [-0.3, -0.25) is 0 Å². The van der Waals surface area contributed by atoms with Crippen LogP contribution in [-0.2, 0) is 0 Å². The second-order valence-electron chi connectivity index (χ2n) is 2.39. The monoisotopic (exact) mass is 137 g/mol. The first-order valence-electron chi connectivity index (χ1n) is 3.34. The molecule has 0 aromatic carbocycles. The molecule has 0 fully saturated rings. The van der Waals surface area contributed by atoms with Gasteiger partial charge in [-0.1, -0.05) is 12.7 Å². The number of nitrogens with two attached hydrogens (primary N) is 1. The van der Waals surface area contributed by atoms with Crippen molar-refractivity contribution in [2.75, 3.05) is 0 Å². The van der Waals surface area contributed by atoms with Gasteiger partial charge in [0.2, 0.25) is 0 Å². The Hall–Kier alpha value is -0.980. The lowest BCUT2D eigenvalue weighted by atomic mass is 10.1. The van der Waals surface area contributed by atoms with E-state index in [1.54, 1.807) is 0 Å². The van der Waals surface area contributed by atoms with Crippen LogP contribution in [-0.4, -0.2) is 0 Å². The highest BCUT2D eigenvalue weighted by Crippen LogP contribution is 2.07. The molecule has 0 unspecified atom stereocenters. The van der Waals surface area contributed by atoms with Crippen LogP contribution in [0.4, 0.5) is 0 Å². The number of allylic oxidation sites excluding steroid dienone is 5. The topological polar surface area (TPSA) is 26.0 Å². The lowest BCUT2D eigenvalue weighted by molar-refractivity contribution is 1.28. The molecule has 0 aliphatic heterocycles. The Morgan fingerprint density at radius 2 is 1.90 bits per heavy atom. The lowest BCUT2D eigenvalue weighted by Gasteiger charge is -1.98. The molecule has 10 heavy (non-hydrogen) atoms. The Labute approximate surface area is 62.9 Å². The summed E-state index contributed by atoms with van der Waals surface area (Å²) < 4.78 is 0. The van der Waals surface area contributed by atoms with Crippen LogP contribution in [0.3, 0.4) is 0 Å². The summed E-state index contributed by atoms with van der Waals surface area (Å²) in [6.07, 6.45) is 3.89. The van der Waals surface area contributed by atoms with E-state index >= 15 is 0 Å². The van der Waals surface area contributed by atoms with Crippen molar-refractivity contribution in [3.8, 4) is 0 Å². The molecule has 0 heterocycles. The number of hydrogen-bond donors (Lipinski definition) is 1. The van der Waals surface area contributed by atoms with Crippen LogP contribution in [0.2, 0.25) is 0 Å². The van der Waals surface area contributed by atoms with Crippen molar-refractivity contribution in [2.45, 2.75) is 20.8 Å². The predicted molar refractivity (Wildman–Crippen MR) is 46.5 cm³/mol. The molecule has 56 valence electrons. The average molecular weight is 137 g/mol. The summed E-state index contributed by atoms with van der Waals surface area (Å²) in [6, 6.07) is 0. The first-order valence-corrected chi connectivity index (χ1v) is 3.34. The van der Waals surface area contributed by atoms with Crippen molar-refractivity contribution in [1.82, 2.24) is 0 Å². The summed E-state index contributed by atoms with van der Waals surface area (Å²) in [6.45, 7) is 9.70. The molecule has 0 aromatic heterocycles. The Bertz CT molecular complexity index is 181. The molecular formula is C9H15N. The van der Waals surface area contributed by atoms with E-state index in [4.69, 9.17) is 5.73 Å². The van der Waals surface area contributed by atoms with Gasteiger partial charge in [0.25, 0.3) is 0 Å². The summed E-state index contributed by atoms with van der Waals surface area (Å²) >= 11 is 0. The number of rotatable bonds is 2. The van der Waals surface area contributed by atoms with Crippen molar-refractivity contribution in [3.63, 3.8) is 0 Å². The summed E-state index contributed by atoms with van der Waals surface area (Å²) in [4.78, 5) is 0. The highest BCUT2D eigenvalue weighted by Gasteiger charge is 1.89. The van der Waals surface area contributed by atoms with Crippen LogP contribution >= 0.6 is 0 Å². The molecular weight excluding hydrogens is 122 g/mol. The van der Waals surface area contributed by atoms with Crippen LogP contribution in [0.25, 0.3) is 0 Å². The molecule has 0 spiro atoms. The van der Waals surface area contributed by atoms with Gasteiger partial charge in [0.15, 0.2) is 0 Å². The number of hydrogen-bond acceptors (Lipinski definition) is 1. The van der Waals surface area contributed by atoms with E-state index in [2.05, 4.69) is 6.58 Å². The summed E-state index contributed by atoms with van der Waals surface area (Å²) in [7, 11) is 0. The fourth-order valence-corrected chi connectivity index (χ4v) is 0.574. The predicted octanol–water partition coefficient (Wildman–Crippen LogP) is 2.37. The zero-order valence-corrected chi connectivity index (χ0v) is 6.94. The van der Waals surface area contributed by atoms with Gasteiger partial charge in [-0.15, -0.1) is 0 Å². The van der Waals surface area contributed by atoms with Crippen LogP contribution in [0.5, 0.6) is 0 Å². The van der Waals surface area contributed by atoms with E-state index in [1.165, 1.54) is 5.57 Å². The third-order valence-corrected chi connectivity index (χ3v) is 1.34. The molecule has 0 saturated carbocycles. The second-order valence-corrected chi connectivity index (χ2v) is 2.39. The van der Waals surface area contributed by atoms with Crippen molar-refractivity contribution in [3.05, 3.63) is 35.6 Å². The van der Waals surface area contributed by atoms with Gasteiger partial charge in [-0.2, -0.15) is 0 Å². The van der Waals surface area contributed by atoms with Gasteiger partial charge < -0.3 is 5.73 Å². The molecule has 0 aromatic rings. The third kappa shape index (κ3) is 3.13. The van der Waals surface area contributed by atoms with Gasteiger partial charge in [-0.05, 0) is 38.0 Å². The molecule has 2 N–H and O–H groups in total. The van der Waals surface area contributed by atoms with E-state index in [1.807, 2.05) is 32.9 Å². The minimum absolute atomic E-state index is 0.797. The van der Waals surface area contributed by atoms with Crippen molar-refractivity contribution < 1.29 is 0 Å². The van der Waals surface area contributed by atoms with Crippen molar-refractivity contribution >= 4 is 0 Å². The standard InChI is InChI=1S/C9H15N/c1-5-7(2)8(3)6-9(4)10/h5-6H,3,10H2,1-2,4H3/b7-5-,9-6+. The van der Waals surface area contributed by atoms with Gasteiger partial charge in [-0.25, -0.2) is 0 Å². The van der Waals surface area contributed by atoms with Crippen molar-refractivity contribution in [2.24, 2.45) is 5.73 Å². The molecule has 0 rings (SSSR count). The molecule has 0 radical (unpaired) electrons.